The largest absolute Gasteiger partial charge is 0.464 e. The van der Waals surface area contributed by atoms with Gasteiger partial charge in [0.25, 0.3) is 0 Å². The van der Waals surface area contributed by atoms with Crippen molar-refractivity contribution < 1.29 is 14.2 Å². The topological polar surface area (TPSA) is 27.7 Å². The molecule has 4 aliphatic carbocycles. The molecule has 37 heavy (non-hydrogen) atoms. The van der Waals surface area contributed by atoms with E-state index < -0.39 is 6.29 Å². The van der Waals surface area contributed by atoms with Crippen molar-refractivity contribution in [1.29, 1.82) is 0 Å². The molecule has 2 atom stereocenters. The number of para-hydroxylation sites is 2. The van der Waals surface area contributed by atoms with Gasteiger partial charge in [0, 0.05) is 11.1 Å². The van der Waals surface area contributed by atoms with Crippen LogP contribution in [0, 0.1) is 17.8 Å². The molecular formula is C34H38O3. The molecule has 0 amide bonds. The molecule has 1 aliphatic heterocycles. The van der Waals surface area contributed by atoms with Crippen molar-refractivity contribution in [2.75, 3.05) is 0 Å². The molecule has 0 N–H and O–H groups in total. The van der Waals surface area contributed by atoms with Crippen LogP contribution in [-0.4, -0.2) is 11.9 Å². The molecule has 3 aromatic carbocycles. The van der Waals surface area contributed by atoms with Gasteiger partial charge in [-0.1, -0.05) is 62.4 Å². The Kier molecular flexibility index (Phi) is 5.81. The SMILES string of the molecule is CCC(C)c1ccc(OC(OC23CC4CC(CC(C4)C2)C3)C2c3ccccc3Oc3ccccc32)cc1. The van der Waals surface area contributed by atoms with Crippen molar-refractivity contribution in [3.05, 3.63) is 89.5 Å². The van der Waals surface area contributed by atoms with Gasteiger partial charge in [0.2, 0.25) is 6.29 Å². The Morgan fingerprint density at radius 1 is 0.784 bits per heavy atom. The van der Waals surface area contributed by atoms with Crippen LogP contribution in [0.3, 0.4) is 0 Å². The highest BCUT2D eigenvalue weighted by Crippen LogP contribution is 2.58. The van der Waals surface area contributed by atoms with Crippen LogP contribution >= 0.6 is 0 Å². The highest BCUT2D eigenvalue weighted by molar-refractivity contribution is 5.54. The number of rotatable bonds is 7. The van der Waals surface area contributed by atoms with E-state index in [9.17, 15) is 0 Å². The molecule has 4 fully saturated rings. The predicted octanol–water partition coefficient (Wildman–Crippen LogP) is 8.83. The average Bonchev–Trinajstić information content (AvgIpc) is 2.90. The van der Waals surface area contributed by atoms with Crippen molar-refractivity contribution in [2.45, 2.75) is 82.5 Å². The third-order valence-corrected chi connectivity index (χ3v) is 9.66. The third kappa shape index (κ3) is 4.26. The third-order valence-electron chi connectivity index (χ3n) is 9.66. The fraction of sp³-hybridized carbons (Fsp3) is 0.471. The minimum Gasteiger partial charge on any atom is -0.464 e. The second kappa shape index (κ2) is 9.20. The van der Waals surface area contributed by atoms with E-state index in [1.807, 2.05) is 12.1 Å². The van der Waals surface area contributed by atoms with Gasteiger partial charge in [0.05, 0.1) is 11.5 Å². The molecule has 3 nitrogen and oxygen atoms in total. The Morgan fingerprint density at radius 2 is 1.32 bits per heavy atom. The Balaban J connectivity index is 1.28. The molecule has 0 saturated heterocycles. The van der Waals surface area contributed by atoms with Gasteiger partial charge in [-0.2, -0.15) is 0 Å². The van der Waals surface area contributed by atoms with E-state index in [0.717, 1.165) is 52.5 Å². The van der Waals surface area contributed by atoms with Crippen LogP contribution in [-0.2, 0) is 4.74 Å². The van der Waals surface area contributed by atoms with Crippen LogP contribution in [0.4, 0.5) is 0 Å². The molecule has 0 aromatic heterocycles. The van der Waals surface area contributed by atoms with Gasteiger partial charge in [-0.05, 0) is 98.4 Å². The van der Waals surface area contributed by atoms with Crippen LogP contribution in [0.1, 0.15) is 87.3 Å². The summed E-state index contributed by atoms with van der Waals surface area (Å²) in [6.45, 7) is 4.52. The fourth-order valence-corrected chi connectivity index (χ4v) is 8.07. The van der Waals surface area contributed by atoms with E-state index in [0.29, 0.717) is 5.92 Å². The van der Waals surface area contributed by atoms with Gasteiger partial charge in [-0.25, -0.2) is 0 Å². The maximum Gasteiger partial charge on any atom is 0.211 e. The summed E-state index contributed by atoms with van der Waals surface area (Å²) in [7, 11) is 0. The molecular weight excluding hydrogens is 456 g/mol. The molecule has 0 radical (unpaired) electrons. The summed E-state index contributed by atoms with van der Waals surface area (Å²) in [6, 6.07) is 25.5. The number of ether oxygens (including phenoxy) is 3. The van der Waals surface area contributed by atoms with Crippen molar-refractivity contribution in [3.63, 3.8) is 0 Å². The van der Waals surface area contributed by atoms with Gasteiger partial charge in [0.15, 0.2) is 0 Å². The summed E-state index contributed by atoms with van der Waals surface area (Å²) >= 11 is 0. The molecule has 192 valence electrons. The highest BCUT2D eigenvalue weighted by atomic mass is 16.7. The molecule has 8 rings (SSSR count). The van der Waals surface area contributed by atoms with Gasteiger partial charge >= 0.3 is 0 Å². The summed E-state index contributed by atoms with van der Waals surface area (Å²) in [5.41, 5.74) is 3.58. The van der Waals surface area contributed by atoms with Gasteiger partial charge in [-0.3, -0.25) is 0 Å². The number of hydrogen-bond acceptors (Lipinski definition) is 3. The van der Waals surface area contributed by atoms with Crippen LogP contribution in [0.2, 0.25) is 0 Å². The fourth-order valence-electron chi connectivity index (χ4n) is 8.07. The standard InChI is InChI=1S/C34H38O3/c1-3-22(2)26-12-14-27(15-13-26)35-33(37-34-19-23-16-24(20-34)18-25(17-23)21-34)32-28-8-4-6-10-30(28)36-31-11-7-5-9-29(31)32/h4-15,22-25,32-33H,3,16-21H2,1-2H3. The minimum absolute atomic E-state index is 0.0524. The summed E-state index contributed by atoms with van der Waals surface area (Å²) < 4.78 is 20.6. The smallest absolute Gasteiger partial charge is 0.211 e. The first-order chi connectivity index (χ1) is 18.1. The first-order valence-electron chi connectivity index (χ1n) is 14.4. The lowest BCUT2D eigenvalue weighted by Crippen LogP contribution is -2.54. The predicted molar refractivity (Wildman–Crippen MR) is 146 cm³/mol. The van der Waals surface area contributed by atoms with Crippen molar-refractivity contribution in [2.24, 2.45) is 17.8 Å². The lowest BCUT2D eigenvalue weighted by atomic mass is 9.54. The molecule has 3 aromatic rings. The normalized spacial score (nSPS) is 29.2. The van der Waals surface area contributed by atoms with Gasteiger partial charge < -0.3 is 14.2 Å². The van der Waals surface area contributed by atoms with Crippen LogP contribution in [0.15, 0.2) is 72.8 Å². The zero-order chi connectivity index (χ0) is 25.0. The van der Waals surface area contributed by atoms with Gasteiger partial charge in [0.1, 0.15) is 17.2 Å². The zero-order valence-electron chi connectivity index (χ0n) is 22.1. The van der Waals surface area contributed by atoms with E-state index in [1.54, 1.807) is 0 Å². The highest BCUT2D eigenvalue weighted by Gasteiger charge is 2.54. The average molecular weight is 495 g/mol. The molecule has 1 heterocycles. The first-order valence-corrected chi connectivity index (χ1v) is 14.4. The minimum atomic E-state index is -0.420. The second-order valence-corrected chi connectivity index (χ2v) is 12.2. The monoisotopic (exact) mass is 494 g/mol. The molecule has 4 saturated carbocycles. The van der Waals surface area contributed by atoms with E-state index in [1.165, 1.54) is 44.1 Å². The Bertz CT molecular complexity index is 1180. The summed E-state index contributed by atoms with van der Waals surface area (Å²) in [4.78, 5) is 0. The molecule has 0 spiro atoms. The van der Waals surface area contributed by atoms with E-state index in [4.69, 9.17) is 14.2 Å². The van der Waals surface area contributed by atoms with Crippen LogP contribution < -0.4 is 9.47 Å². The van der Waals surface area contributed by atoms with Crippen molar-refractivity contribution >= 4 is 0 Å². The van der Waals surface area contributed by atoms with Crippen LogP contribution in [0.5, 0.6) is 17.2 Å². The molecule has 3 heteroatoms. The maximum absolute atomic E-state index is 7.33. The lowest BCUT2D eigenvalue weighted by Gasteiger charge is -2.57. The molecule has 5 aliphatic rings. The molecule has 4 bridgehead atoms. The zero-order valence-corrected chi connectivity index (χ0v) is 22.1. The number of fused-ring (bicyclic) bond motifs is 2. The maximum atomic E-state index is 7.33. The van der Waals surface area contributed by atoms with E-state index >= 15 is 0 Å². The van der Waals surface area contributed by atoms with Crippen LogP contribution in [0.25, 0.3) is 0 Å². The second-order valence-electron chi connectivity index (χ2n) is 12.2. The summed E-state index contributed by atoms with van der Waals surface area (Å²) in [5.74, 6) is 5.62. The van der Waals surface area contributed by atoms with Gasteiger partial charge in [-0.15, -0.1) is 0 Å². The van der Waals surface area contributed by atoms with E-state index in [-0.39, 0.29) is 11.5 Å². The van der Waals surface area contributed by atoms with Crippen molar-refractivity contribution in [1.82, 2.24) is 0 Å². The Labute approximate surface area is 221 Å². The number of hydrogen-bond donors (Lipinski definition) is 0. The summed E-state index contributed by atoms with van der Waals surface area (Å²) in [5, 5.41) is 0. The Morgan fingerprint density at radius 3 is 1.86 bits per heavy atom. The summed E-state index contributed by atoms with van der Waals surface area (Å²) in [6.07, 6.45) is 8.44. The van der Waals surface area contributed by atoms with E-state index in [2.05, 4.69) is 74.5 Å². The quantitative estimate of drug-likeness (QED) is 0.307. The number of benzene rings is 3. The molecule has 2 unspecified atom stereocenters. The van der Waals surface area contributed by atoms with Crippen molar-refractivity contribution in [3.8, 4) is 17.2 Å². The first kappa shape index (κ1) is 23.3. The Hall–Kier alpha value is -2.78. The lowest BCUT2D eigenvalue weighted by molar-refractivity contribution is -0.235.